The second-order valence-electron chi connectivity index (χ2n) is 4.71. The highest BCUT2D eigenvalue weighted by Gasteiger charge is 2.22. The average molecular weight is 227 g/mol. The Labute approximate surface area is 94.3 Å². The van der Waals surface area contributed by atoms with Crippen LogP contribution in [0.2, 0.25) is 0 Å². The van der Waals surface area contributed by atoms with Crippen LogP contribution in [-0.2, 0) is 10.2 Å². The lowest BCUT2D eigenvalue weighted by Gasteiger charge is -2.13. The van der Waals surface area contributed by atoms with Gasteiger partial charge in [0.15, 0.2) is 0 Å². The quantitative estimate of drug-likeness (QED) is 0.834. The maximum atomic E-state index is 10.4. The standard InChI is InChI=1S/C10H17N3O3/c1-10(2,3)8-11-9(12-16-8)13(4)6-5-7(14)15/h5-6H2,1-4H3,(H,14,15). The van der Waals surface area contributed by atoms with E-state index in [1.807, 2.05) is 20.8 Å². The number of hydrogen-bond donors (Lipinski definition) is 1. The van der Waals surface area contributed by atoms with Crippen LogP contribution < -0.4 is 4.90 Å². The van der Waals surface area contributed by atoms with Crippen molar-refractivity contribution < 1.29 is 14.4 Å². The number of aliphatic carboxylic acids is 1. The van der Waals surface area contributed by atoms with Crippen LogP contribution in [0.3, 0.4) is 0 Å². The molecule has 0 bridgehead atoms. The number of carbonyl (C=O) groups is 1. The van der Waals surface area contributed by atoms with Crippen molar-refractivity contribution in [3.8, 4) is 0 Å². The number of anilines is 1. The Hall–Kier alpha value is -1.59. The molecule has 0 aliphatic heterocycles. The Kier molecular flexibility index (Phi) is 3.51. The van der Waals surface area contributed by atoms with E-state index in [9.17, 15) is 4.79 Å². The minimum atomic E-state index is -0.841. The summed E-state index contributed by atoms with van der Waals surface area (Å²) in [7, 11) is 1.74. The van der Waals surface area contributed by atoms with Crippen LogP contribution in [0.1, 0.15) is 33.1 Å². The largest absolute Gasteiger partial charge is 0.481 e. The minimum absolute atomic E-state index is 0.0515. The summed E-state index contributed by atoms with van der Waals surface area (Å²) in [6.07, 6.45) is 0.0515. The molecule has 1 aromatic heterocycles. The van der Waals surface area contributed by atoms with Crippen LogP contribution in [-0.4, -0.2) is 34.8 Å². The molecule has 6 heteroatoms. The summed E-state index contributed by atoms with van der Waals surface area (Å²) in [5.41, 5.74) is -0.196. The third-order valence-electron chi connectivity index (χ3n) is 2.06. The lowest BCUT2D eigenvalue weighted by atomic mass is 9.97. The Morgan fingerprint density at radius 1 is 1.50 bits per heavy atom. The Morgan fingerprint density at radius 3 is 2.56 bits per heavy atom. The molecule has 1 aromatic rings. The van der Waals surface area contributed by atoms with Crippen molar-refractivity contribution in [3.63, 3.8) is 0 Å². The maximum absolute atomic E-state index is 10.4. The molecule has 0 saturated carbocycles. The molecule has 0 aliphatic carbocycles. The number of hydrogen-bond acceptors (Lipinski definition) is 5. The third-order valence-corrected chi connectivity index (χ3v) is 2.06. The fraction of sp³-hybridized carbons (Fsp3) is 0.700. The first-order valence-electron chi connectivity index (χ1n) is 5.08. The van der Waals surface area contributed by atoms with E-state index in [-0.39, 0.29) is 11.8 Å². The molecule has 0 aliphatic rings. The van der Waals surface area contributed by atoms with Gasteiger partial charge in [-0.05, 0) is 5.16 Å². The Balaban J connectivity index is 2.67. The Bertz CT molecular complexity index is 368. The van der Waals surface area contributed by atoms with E-state index in [1.165, 1.54) is 0 Å². The fourth-order valence-corrected chi connectivity index (χ4v) is 1.04. The van der Waals surface area contributed by atoms with Crippen molar-refractivity contribution in [2.75, 3.05) is 18.5 Å². The molecule has 0 aromatic carbocycles. The van der Waals surface area contributed by atoms with Crippen LogP contribution in [0.5, 0.6) is 0 Å². The molecule has 0 amide bonds. The summed E-state index contributed by atoms with van der Waals surface area (Å²) in [6, 6.07) is 0. The zero-order valence-corrected chi connectivity index (χ0v) is 10.0. The zero-order valence-electron chi connectivity index (χ0n) is 10.0. The number of aromatic nitrogens is 2. The lowest BCUT2D eigenvalue weighted by Crippen LogP contribution is -2.22. The molecule has 90 valence electrons. The topological polar surface area (TPSA) is 79.5 Å². The fourth-order valence-electron chi connectivity index (χ4n) is 1.04. The molecule has 0 unspecified atom stereocenters. The van der Waals surface area contributed by atoms with Gasteiger partial charge in [-0.15, -0.1) is 0 Å². The highest BCUT2D eigenvalue weighted by Crippen LogP contribution is 2.21. The SMILES string of the molecule is CN(CCC(=O)O)c1noc(C(C)(C)C)n1. The molecule has 0 spiro atoms. The predicted molar refractivity (Wildman–Crippen MR) is 58.5 cm³/mol. The van der Waals surface area contributed by atoms with Crippen LogP contribution in [0, 0.1) is 0 Å². The normalized spacial score (nSPS) is 11.5. The van der Waals surface area contributed by atoms with Crippen molar-refractivity contribution in [3.05, 3.63) is 5.89 Å². The molecule has 6 nitrogen and oxygen atoms in total. The number of carboxylic acids is 1. The first-order chi connectivity index (χ1) is 7.30. The zero-order chi connectivity index (χ0) is 12.3. The molecule has 0 fully saturated rings. The monoisotopic (exact) mass is 227 g/mol. The molecule has 0 atom stereocenters. The number of rotatable bonds is 4. The lowest BCUT2D eigenvalue weighted by molar-refractivity contribution is -0.136. The molecule has 0 saturated heterocycles. The molecular formula is C10H17N3O3. The van der Waals surface area contributed by atoms with Gasteiger partial charge in [-0.25, -0.2) is 0 Å². The first-order valence-corrected chi connectivity index (χ1v) is 5.08. The van der Waals surface area contributed by atoms with Gasteiger partial charge in [0.25, 0.3) is 5.95 Å². The smallest absolute Gasteiger partial charge is 0.305 e. The summed E-state index contributed by atoms with van der Waals surface area (Å²) in [5.74, 6) is 0.127. The van der Waals surface area contributed by atoms with Gasteiger partial charge < -0.3 is 14.5 Å². The van der Waals surface area contributed by atoms with Gasteiger partial charge in [0.1, 0.15) is 0 Å². The predicted octanol–water partition coefficient (Wildman–Crippen LogP) is 1.28. The van der Waals surface area contributed by atoms with E-state index < -0.39 is 5.97 Å². The summed E-state index contributed by atoms with van der Waals surface area (Å²) in [6.45, 7) is 6.28. The molecular weight excluding hydrogens is 210 g/mol. The molecule has 1 rings (SSSR count). The summed E-state index contributed by atoms with van der Waals surface area (Å²) in [4.78, 5) is 16.3. The van der Waals surface area contributed by atoms with E-state index in [4.69, 9.17) is 9.63 Å². The van der Waals surface area contributed by atoms with Gasteiger partial charge in [-0.2, -0.15) is 4.98 Å². The van der Waals surface area contributed by atoms with Crippen molar-refractivity contribution in [1.82, 2.24) is 10.1 Å². The van der Waals surface area contributed by atoms with Crippen molar-refractivity contribution in [2.24, 2.45) is 0 Å². The van der Waals surface area contributed by atoms with E-state index in [0.717, 1.165) is 0 Å². The van der Waals surface area contributed by atoms with Crippen molar-refractivity contribution in [2.45, 2.75) is 32.6 Å². The number of carboxylic acid groups (broad SMARTS) is 1. The van der Waals surface area contributed by atoms with Crippen LogP contribution in [0.25, 0.3) is 0 Å². The van der Waals surface area contributed by atoms with Crippen LogP contribution >= 0.6 is 0 Å². The van der Waals surface area contributed by atoms with E-state index in [1.54, 1.807) is 11.9 Å². The van der Waals surface area contributed by atoms with Crippen molar-refractivity contribution in [1.29, 1.82) is 0 Å². The van der Waals surface area contributed by atoms with Crippen LogP contribution in [0.4, 0.5) is 5.95 Å². The third kappa shape index (κ3) is 3.22. The van der Waals surface area contributed by atoms with Gasteiger partial charge in [-0.1, -0.05) is 20.8 Å². The van der Waals surface area contributed by atoms with E-state index in [2.05, 4.69) is 10.1 Å². The van der Waals surface area contributed by atoms with Gasteiger partial charge in [0, 0.05) is 19.0 Å². The summed E-state index contributed by atoms with van der Waals surface area (Å²) in [5, 5.41) is 12.4. The number of nitrogens with zero attached hydrogens (tertiary/aromatic N) is 3. The molecule has 0 radical (unpaired) electrons. The second kappa shape index (κ2) is 4.51. The highest BCUT2D eigenvalue weighted by molar-refractivity contribution is 5.67. The minimum Gasteiger partial charge on any atom is -0.481 e. The van der Waals surface area contributed by atoms with Gasteiger partial charge >= 0.3 is 5.97 Å². The Morgan fingerprint density at radius 2 is 2.12 bits per heavy atom. The highest BCUT2D eigenvalue weighted by atomic mass is 16.5. The second-order valence-corrected chi connectivity index (χ2v) is 4.71. The van der Waals surface area contributed by atoms with Gasteiger partial charge in [0.2, 0.25) is 5.89 Å². The van der Waals surface area contributed by atoms with E-state index in [0.29, 0.717) is 18.4 Å². The molecule has 1 N–H and O–H groups in total. The van der Waals surface area contributed by atoms with Gasteiger partial charge in [0.05, 0.1) is 6.42 Å². The summed E-state index contributed by atoms with van der Waals surface area (Å²) < 4.78 is 5.11. The maximum Gasteiger partial charge on any atom is 0.305 e. The molecule has 1 heterocycles. The van der Waals surface area contributed by atoms with Crippen LogP contribution in [0.15, 0.2) is 4.52 Å². The van der Waals surface area contributed by atoms with Crippen molar-refractivity contribution >= 4 is 11.9 Å². The first kappa shape index (κ1) is 12.5. The van der Waals surface area contributed by atoms with E-state index >= 15 is 0 Å². The molecule has 16 heavy (non-hydrogen) atoms. The van der Waals surface area contributed by atoms with Gasteiger partial charge in [-0.3, -0.25) is 4.79 Å². The summed E-state index contributed by atoms with van der Waals surface area (Å²) >= 11 is 0. The average Bonchev–Trinajstić information content (AvgIpc) is 2.61.